The molecule has 7 atom stereocenters. The lowest BCUT2D eigenvalue weighted by molar-refractivity contribution is -0.308. The second-order valence-electron chi connectivity index (χ2n) is 9.94. The van der Waals surface area contributed by atoms with Gasteiger partial charge in [-0.15, -0.1) is 0 Å². The third kappa shape index (κ3) is 8.73. The van der Waals surface area contributed by atoms with Crippen molar-refractivity contribution < 1.29 is 48.0 Å². The molecule has 2 heterocycles. The molecule has 0 unspecified atom stereocenters. The number of rotatable bonds is 10. The number of ether oxygens (including phenoxy) is 5. The van der Waals surface area contributed by atoms with Crippen molar-refractivity contribution in [2.24, 2.45) is 0 Å². The number of hydrogen-bond acceptors (Lipinski definition) is 10. The van der Waals surface area contributed by atoms with Gasteiger partial charge in [-0.25, -0.2) is 9.59 Å². The minimum absolute atomic E-state index is 0.0534. The van der Waals surface area contributed by atoms with Gasteiger partial charge < -0.3 is 44.7 Å². The summed E-state index contributed by atoms with van der Waals surface area (Å²) in [5.41, 5.74) is 1.44. The van der Waals surface area contributed by atoms with Crippen LogP contribution in [0.3, 0.4) is 0 Å². The van der Waals surface area contributed by atoms with Crippen LogP contribution in [0.5, 0.6) is 0 Å². The molecule has 4 rings (SSSR count). The van der Waals surface area contributed by atoms with Gasteiger partial charge >= 0.3 is 12.1 Å². The van der Waals surface area contributed by atoms with E-state index in [1.54, 1.807) is 55.5 Å². The Bertz CT molecular complexity index is 1210. The van der Waals surface area contributed by atoms with Crippen molar-refractivity contribution in [3.63, 3.8) is 0 Å². The number of aliphatic hydroxyl groups is 1. The Morgan fingerprint density at radius 1 is 0.929 bits per heavy atom. The monoisotopic (exact) mass is 585 g/mol. The van der Waals surface area contributed by atoms with E-state index in [9.17, 15) is 24.3 Å². The molecule has 0 bridgehead atoms. The largest absolute Gasteiger partial charge is 0.459 e. The number of esters is 1. The summed E-state index contributed by atoms with van der Waals surface area (Å²) in [6, 6.07) is 15.4. The first-order valence-corrected chi connectivity index (χ1v) is 13.5. The average Bonchev–Trinajstić information content (AvgIpc) is 2.98. The lowest BCUT2D eigenvalue weighted by Gasteiger charge is -2.47. The number of alkyl carbamates (subject to hydrolysis) is 1. The Hall–Kier alpha value is -4.04. The SMILES string of the molecule is CC(=O)N[C@@H]1[C@@H](O)[C@@H]2O[C@H](C)OC[C@@H]2O[C@H]1NC(=O)C[C@H](NC(=O)OCc1ccccc1)C(=O)OCc1ccccc1. The van der Waals surface area contributed by atoms with E-state index in [4.69, 9.17) is 23.7 Å². The molecule has 0 aliphatic carbocycles. The molecule has 2 saturated heterocycles. The summed E-state index contributed by atoms with van der Waals surface area (Å²) in [4.78, 5) is 50.6. The van der Waals surface area contributed by atoms with Crippen LogP contribution in [0.1, 0.15) is 31.4 Å². The van der Waals surface area contributed by atoms with Gasteiger partial charge in [-0.05, 0) is 18.1 Å². The minimum Gasteiger partial charge on any atom is -0.459 e. The highest BCUT2D eigenvalue weighted by molar-refractivity contribution is 5.88. The molecule has 13 nitrogen and oxygen atoms in total. The van der Waals surface area contributed by atoms with Gasteiger partial charge in [-0.3, -0.25) is 9.59 Å². The molecule has 4 N–H and O–H groups in total. The van der Waals surface area contributed by atoms with Gasteiger partial charge in [-0.2, -0.15) is 0 Å². The van der Waals surface area contributed by atoms with Gasteiger partial charge in [0.05, 0.1) is 13.0 Å². The van der Waals surface area contributed by atoms with Crippen LogP contribution < -0.4 is 16.0 Å². The van der Waals surface area contributed by atoms with Crippen LogP contribution in [-0.4, -0.2) is 78.5 Å². The highest BCUT2D eigenvalue weighted by Gasteiger charge is 2.49. The Balaban J connectivity index is 1.42. The van der Waals surface area contributed by atoms with Gasteiger partial charge in [0.2, 0.25) is 11.8 Å². The van der Waals surface area contributed by atoms with Crippen molar-refractivity contribution in [2.75, 3.05) is 6.61 Å². The van der Waals surface area contributed by atoms with Crippen LogP contribution in [0.4, 0.5) is 4.79 Å². The smallest absolute Gasteiger partial charge is 0.408 e. The number of nitrogens with one attached hydrogen (secondary N) is 3. The van der Waals surface area contributed by atoms with Crippen LogP contribution in [0.2, 0.25) is 0 Å². The second-order valence-corrected chi connectivity index (χ2v) is 9.94. The zero-order valence-electron chi connectivity index (χ0n) is 23.3. The zero-order chi connectivity index (χ0) is 30.1. The number of benzene rings is 2. The summed E-state index contributed by atoms with van der Waals surface area (Å²) in [5.74, 6) is -2.06. The molecule has 0 aromatic heterocycles. The molecule has 226 valence electrons. The molecule has 42 heavy (non-hydrogen) atoms. The van der Waals surface area contributed by atoms with Crippen molar-refractivity contribution in [1.29, 1.82) is 0 Å². The molecular formula is C29H35N3O10. The summed E-state index contributed by atoms with van der Waals surface area (Å²) in [6.45, 7) is 2.88. The Morgan fingerprint density at radius 2 is 1.55 bits per heavy atom. The third-order valence-corrected chi connectivity index (χ3v) is 6.64. The predicted molar refractivity (Wildman–Crippen MR) is 145 cm³/mol. The summed E-state index contributed by atoms with van der Waals surface area (Å²) in [7, 11) is 0. The third-order valence-electron chi connectivity index (χ3n) is 6.64. The summed E-state index contributed by atoms with van der Waals surface area (Å²) >= 11 is 0. The van der Waals surface area contributed by atoms with E-state index in [2.05, 4.69) is 16.0 Å². The van der Waals surface area contributed by atoms with Gasteiger partial charge in [0, 0.05) is 6.92 Å². The summed E-state index contributed by atoms with van der Waals surface area (Å²) in [5, 5.41) is 18.5. The van der Waals surface area contributed by atoms with Gasteiger partial charge in [0.1, 0.15) is 43.6 Å². The molecule has 2 aliphatic rings. The fraction of sp³-hybridized carbons (Fsp3) is 0.448. The van der Waals surface area contributed by atoms with E-state index in [1.165, 1.54) is 6.92 Å². The minimum atomic E-state index is -1.42. The number of hydrogen-bond donors (Lipinski definition) is 4. The first-order chi connectivity index (χ1) is 20.2. The Labute approximate surface area is 242 Å². The first kappa shape index (κ1) is 30.9. The van der Waals surface area contributed by atoms with Crippen molar-refractivity contribution in [3.8, 4) is 0 Å². The van der Waals surface area contributed by atoms with E-state index in [-0.39, 0.29) is 19.8 Å². The summed E-state index contributed by atoms with van der Waals surface area (Å²) < 4.78 is 27.6. The maximum Gasteiger partial charge on any atom is 0.408 e. The maximum absolute atomic E-state index is 13.2. The molecule has 2 fully saturated rings. The Morgan fingerprint density at radius 3 is 2.17 bits per heavy atom. The van der Waals surface area contributed by atoms with Crippen LogP contribution >= 0.6 is 0 Å². The Kier molecular flexibility index (Phi) is 10.8. The van der Waals surface area contributed by atoms with Crippen molar-refractivity contribution in [3.05, 3.63) is 71.8 Å². The van der Waals surface area contributed by atoms with E-state index in [1.807, 2.05) is 12.1 Å². The molecule has 0 radical (unpaired) electrons. The predicted octanol–water partition coefficient (Wildman–Crippen LogP) is 0.883. The van der Waals surface area contributed by atoms with Gasteiger partial charge in [0.25, 0.3) is 0 Å². The van der Waals surface area contributed by atoms with Crippen LogP contribution in [0.15, 0.2) is 60.7 Å². The topological polar surface area (TPSA) is 171 Å². The second kappa shape index (κ2) is 14.7. The number of amides is 3. The number of aliphatic hydroxyl groups excluding tert-OH is 1. The van der Waals surface area contributed by atoms with E-state index >= 15 is 0 Å². The first-order valence-electron chi connectivity index (χ1n) is 13.5. The number of carbonyl (C=O) groups is 4. The molecule has 2 aromatic rings. The standard InChI is InChI=1S/C29H35N3O10/c1-17(33)30-24-25(35)26-22(16-38-18(2)41-26)42-27(24)32-23(34)13-21(28(36)39-14-19-9-5-3-6-10-19)31-29(37)40-15-20-11-7-4-8-12-20/h3-12,18,21-22,24-27,35H,13-16H2,1-2H3,(H,30,33)(H,31,37)(H,32,34)/t18-,21+,22+,24-,25-,26-,27-/m1/s1. The average molecular weight is 586 g/mol. The molecule has 0 saturated carbocycles. The summed E-state index contributed by atoms with van der Waals surface area (Å²) in [6.07, 6.45) is -6.03. The fourth-order valence-electron chi connectivity index (χ4n) is 4.60. The van der Waals surface area contributed by atoms with Crippen LogP contribution in [0.25, 0.3) is 0 Å². The zero-order valence-corrected chi connectivity index (χ0v) is 23.3. The lowest BCUT2D eigenvalue weighted by Crippen LogP contribution is -2.70. The maximum atomic E-state index is 13.2. The van der Waals surface area contributed by atoms with Crippen LogP contribution in [-0.2, 0) is 51.3 Å². The van der Waals surface area contributed by atoms with Crippen molar-refractivity contribution in [1.82, 2.24) is 16.0 Å². The van der Waals surface area contributed by atoms with Crippen LogP contribution in [0, 0.1) is 0 Å². The lowest BCUT2D eigenvalue weighted by atomic mass is 9.95. The van der Waals surface area contributed by atoms with Crippen molar-refractivity contribution >= 4 is 23.9 Å². The highest BCUT2D eigenvalue weighted by Crippen LogP contribution is 2.27. The molecule has 3 amide bonds. The van der Waals surface area contributed by atoms with Gasteiger partial charge in [0.15, 0.2) is 12.5 Å². The molecule has 0 spiro atoms. The fourth-order valence-corrected chi connectivity index (χ4v) is 4.60. The number of carbonyl (C=O) groups excluding carboxylic acids is 4. The molecule has 2 aromatic carbocycles. The van der Waals surface area contributed by atoms with Crippen molar-refractivity contribution in [2.45, 2.75) is 76.4 Å². The van der Waals surface area contributed by atoms with E-state index in [0.29, 0.717) is 5.56 Å². The number of fused-ring (bicyclic) bond motifs is 1. The molecule has 13 heteroatoms. The van der Waals surface area contributed by atoms with E-state index in [0.717, 1.165) is 5.56 Å². The molecular weight excluding hydrogens is 550 g/mol. The highest BCUT2D eigenvalue weighted by atomic mass is 16.7. The normalized spacial score (nSPS) is 25.7. The quantitative estimate of drug-likeness (QED) is 0.294. The molecule has 2 aliphatic heterocycles. The van der Waals surface area contributed by atoms with Gasteiger partial charge in [-0.1, -0.05) is 60.7 Å². The van der Waals surface area contributed by atoms with E-state index < -0.39 is 73.2 Å².